The predicted molar refractivity (Wildman–Crippen MR) is 80.2 cm³/mol. The normalized spacial score (nSPS) is 18.6. The fourth-order valence-electron chi connectivity index (χ4n) is 2.87. The third kappa shape index (κ3) is 4.14. The largest absolute Gasteiger partial charge is 0.319 e. The van der Waals surface area contributed by atoms with Crippen molar-refractivity contribution in [3.8, 4) is 0 Å². The van der Waals surface area contributed by atoms with Crippen LogP contribution in [-0.2, 0) is 0 Å². The van der Waals surface area contributed by atoms with Crippen LogP contribution >= 0.6 is 12.4 Å². The Morgan fingerprint density at radius 2 is 1.95 bits per heavy atom. The fourth-order valence-corrected chi connectivity index (χ4v) is 2.87. The minimum Gasteiger partial charge on any atom is -0.319 e. The van der Waals surface area contributed by atoms with Gasteiger partial charge in [-0.25, -0.2) is 8.78 Å². The van der Waals surface area contributed by atoms with E-state index in [0.29, 0.717) is 11.5 Å². The second kappa shape index (κ2) is 7.91. The summed E-state index contributed by atoms with van der Waals surface area (Å²) in [5.74, 6) is -0.238. The lowest BCUT2D eigenvalue weighted by atomic mass is 9.94. The van der Waals surface area contributed by atoms with Crippen LogP contribution in [-0.4, -0.2) is 31.6 Å². The highest BCUT2D eigenvalue weighted by molar-refractivity contribution is 5.85. The van der Waals surface area contributed by atoms with Gasteiger partial charge in [-0.05, 0) is 58.4 Å². The number of benzene rings is 1. The Morgan fingerprint density at radius 1 is 1.30 bits per heavy atom. The Labute approximate surface area is 126 Å². The van der Waals surface area contributed by atoms with Crippen LogP contribution in [0.2, 0.25) is 0 Å². The SMILES string of the molecule is CNCC1CCN(C(C)c2ccc(F)cc2F)CC1.Cl. The molecule has 2 nitrogen and oxygen atoms in total. The topological polar surface area (TPSA) is 15.3 Å². The van der Waals surface area contributed by atoms with E-state index in [1.165, 1.54) is 6.07 Å². The quantitative estimate of drug-likeness (QED) is 0.917. The molecule has 20 heavy (non-hydrogen) atoms. The van der Waals surface area contributed by atoms with Gasteiger partial charge in [-0.1, -0.05) is 6.07 Å². The summed E-state index contributed by atoms with van der Waals surface area (Å²) < 4.78 is 26.7. The van der Waals surface area contributed by atoms with Gasteiger partial charge in [0.05, 0.1) is 0 Å². The van der Waals surface area contributed by atoms with E-state index in [-0.39, 0.29) is 18.4 Å². The first-order valence-corrected chi connectivity index (χ1v) is 6.95. The summed E-state index contributed by atoms with van der Waals surface area (Å²) in [6.45, 7) is 5.00. The van der Waals surface area contributed by atoms with Crippen molar-refractivity contribution in [2.75, 3.05) is 26.7 Å². The summed E-state index contributed by atoms with van der Waals surface area (Å²) in [6.07, 6.45) is 2.27. The second-order valence-corrected chi connectivity index (χ2v) is 5.38. The molecule has 114 valence electrons. The predicted octanol–water partition coefficient (Wildman–Crippen LogP) is 3.38. The van der Waals surface area contributed by atoms with Crippen LogP contribution < -0.4 is 5.32 Å². The van der Waals surface area contributed by atoms with E-state index >= 15 is 0 Å². The summed E-state index contributed by atoms with van der Waals surface area (Å²) in [5.41, 5.74) is 0.591. The molecule has 1 aliphatic heterocycles. The number of piperidine rings is 1. The molecule has 1 N–H and O–H groups in total. The maximum absolute atomic E-state index is 13.8. The van der Waals surface area contributed by atoms with Crippen LogP contribution in [0.15, 0.2) is 18.2 Å². The number of rotatable bonds is 4. The van der Waals surface area contributed by atoms with Gasteiger partial charge in [-0.2, -0.15) is 0 Å². The molecule has 2 rings (SSSR count). The average molecular weight is 305 g/mol. The zero-order chi connectivity index (χ0) is 13.8. The number of hydrogen-bond acceptors (Lipinski definition) is 2. The van der Waals surface area contributed by atoms with Crippen molar-refractivity contribution in [1.29, 1.82) is 0 Å². The Kier molecular flexibility index (Phi) is 6.86. The van der Waals surface area contributed by atoms with Crippen molar-refractivity contribution in [2.45, 2.75) is 25.8 Å². The van der Waals surface area contributed by atoms with Crippen molar-refractivity contribution in [2.24, 2.45) is 5.92 Å². The van der Waals surface area contributed by atoms with Gasteiger partial charge in [-0.15, -0.1) is 12.4 Å². The molecular weight excluding hydrogens is 282 g/mol. The molecule has 1 fully saturated rings. The lowest BCUT2D eigenvalue weighted by molar-refractivity contribution is 0.139. The smallest absolute Gasteiger partial charge is 0.130 e. The molecule has 1 saturated heterocycles. The molecule has 1 unspecified atom stereocenters. The molecule has 0 bridgehead atoms. The molecule has 1 aromatic carbocycles. The molecule has 0 aromatic heterocycles. The highest BCUT2D eigenvalue weighted by Gasteiger charge is 2.24. The van der Waals surface area contributed by atoms with E-state index in [1.807, 2.05) is 14.0 Å². The number of nitrogens with one attached hydrogen (secondary N) is 1. The maximum atomic E-state index is 13.8. The van der Waals surface area contributed by atoms with E-state index in [9.17, 15) is 8.78 Å². The molecule has 1 heterocycles. The maximum Gasteiger partial charge on any atom is 0.130 e. The zero-order valence-electron chi connectivity index (χ0n) is 12.0. The van der Waals surface area contributed by atoms with Gasteiger partial charge in [0.15, 0.2) is 0 Å². The van der Waals surface area contributed by atoms with Gasteiger partial charge in [0.25, 0.3) is 0 Å². The average Bonchev–Trinajstić information content (AvgIpc) is 2.39. The summed E-state index contributed by atoms with van der Waals surface area (Å²) in [6, 6.07) is 3.88. The highest BCUT2D eigenvalue weighted by atomic mass is 35.5. The number of nitrogens with zero attached hydrogens (tertiary/aromatic N) is 1. The first-order valence-electron chi connectivity index (χ1n) is 6.95. The van der Waals surface area contributed by atoms with Crippen LogP contribution in [0.1, 0.15) is 31.4 Å². The van der Waals surface area contributed by atoms with E-state index < -0.39 is 11.6 Å². The zero-order valence-corrected chi connectivity index (χ0v) is 12.9. The highest BCUT2D eigenvalue weighted by Crippen LogP contribution is 2.28. The lowest BCUT2D eigenvalue weighted by Crippen LogP contribution is -2.38. The Morgan fingerprint density at radius 3 is 2.50 bits per heavy atom. The summed E-state index contributed by atoms with van der Waals surface area (Å²) in [5, 5.41) is 3.21. The van der Waals surface area contributed by atoms with Crippen molar-refractivity contribution >= 4 is 12.4 Å². The third-order valence-corrected chi connectivity index (χ3v) is 4.10. The Bertz CT molecular complexity index is 420. The second-order valence-electron chi connectivity index (χ2n) is 5.38. The monoisotopic (exact) mass is 304 g/mol. The van der Waals surface area contributed by atoms with Crippen molar-refractivity contribution < 1.29 is 8.78 Å². The fraction of sp³-hybridized carbons (Fsp3) is 0.600. The number of hydrogen-bond donors (Lipinski definition) is 1. The molecule has 0 amide bonds. The molecule has 1 atom stereocenters. The summed E-state index contributed by atoms with van der Waals surface area (Å²) in [4.78, 5) is 2.28. The van der Waals surface area contributed by atoms with Gasteiger partial charge < -0.3 is 5.32 Å². The molecular formula is C15H23ClF2N2. The molecule has 5 heteroatoms. The molecule has 0 spiro atoms. The standard InChI is InChI=1S/C15H22F2N2.ClH/c1-11(14-4-3-13(16)9-15(14)17)19-7-5-12(6-8-19)10-18-2;/h3-4,9,11-12,18H,5-8,10H2,1-2H3;1H. The Hall–Kier alpha value is -0.710. The first-order chi connectivity index (χ1) is 9.11. The van der Waals surface area contributed by atoms with E-state index in [1.54, 1.807) is 6.07 Å². The molecule has 1 aromatic rings. The van der Waals surface area contributed by atoms with Crippen molar-refractivity contribution in [3.63, 3.8) is 0 Å². The third-order valence-electron chi connectivity index (χ3n) is 4.10. The van der Waals surface area contributed by atoms with Crippen LogP contribution in [0.3, 0.4) is 0 Å². The molecule has 0 saturated carbocycles. The van der Waals surface area contributed by atoms with Crippen molar-refractivity contribution in [3.05, 3.63) is 35.4 Å². The van der Waals surface area contributed by atoms with Crippen LogP contribution in [0.4, 0.5) is 8.78 Å². The van der Waals surface area contributed by atoms with Gasteiger partial charge in [-0.3, -0.25) is 4.90 Å². The molecule has 1 aliphatic rings. The first kappa shape index (κ1) is 17.3. The number of likely N-dealkylation sites (tertiary alicyclic amines) is 1. The number of halogens is 3. The van der Waals surface area contributed by atoms with Crippen molar-refractivity contribution in [1.82, 2.24) is 10.2 Å². The van der Waals surface area contributed by atoms with Crippen LogP contribution in [0, 0.1) is 17.6 Å². The summed E-state index contributed by atoms with van der Waals surface area (Å²) in [7, 11) is 1.98. The van der Waals surface area contributed by atoms with Crippen LogP contribution in [0.5, 0.6) is 0 Å². The minimum absolute atomic E-state index is 0. The molecule has 0 aliphatic carbocycles. The summed E-state index contributed by atoms with van der Waals surface area (Å²) >= 11 is 0. The van der Waals surface area contributed by atoms with E-state index in [0.717, 1.165) is 38.5 Å². The lowest BCUT2D eigenvalue weighted by Gasteiger charge is -2.36. The van der Waals surface area contributed by atoms with Gasteiger partial charge in [0, 0.05) is 17.7 Å². The van der Waals surface area contributed by atoms with Gasteiger partial charge >= 0.3 is 0 Å². The van der Waals surface area contributed by atoms with Gasteiger partial charge in [0.1, 0.15) is 11.6 Å². The molecule has 0 radical (unpaired) electrons. The minimum atomic E-state index is -0.513. The van der Waals surface area contributed by atoms with E-state index in [2.05, 4.69) is 10.2 Å². The van der Waals surface area contributed by atoms with Crippen LogP contribution in [0.25, 0.3) is 0 Å². The van der Waals surface area contributed by atoms with Gasteiger partial charge in [0.2, 0.25) is 0 Å². The van der Waals surface area contributed by atoms with E-state index in [4.69, 9.17) is 0 Å². The Balaban J connectivity index is 0.00000200.